The van der Waals surface area contributed by atoms with Crippen molar-refractivity contribution in [2.45, 2.75) is 62.4 Å². The van der Waals surface area contributed by atoms with Crippen LogP contribution in [-0.2, 0) is 20.7 Å². The van der Waals surface area contributed by atoms with E-state index < -0.39 is 24.3 Å². The number of carbonyl (C=O) groups excluding carboxylic acids is 1. The number of hydrogen-bond donors (Lipinski definition) is 3. The molecule has 0 radical (unpaired) electrons. The Labute approximate surface area is 258 Å². The zero-order chi connectivity index (χ0) is 30.6. The summed E-state index contributed by atoms with van der Waals surface area (Å²) in [5.41, 5.74) is 6.10. The van der Waals surface area contributed by atoms with Crippen LogP contribution < -0.4 is 10.2 Å². The molecule has 2 atom stereocenters. The molecule has 2 fully saturated rings. The molecule has 2 aliphatic carbocycles. The van der Waals surface area contributed by atoms with Gasteiger partial charge in [0.15, 0.2) is 0 Å². The quantitative estimate of drug-likeness (QED) is 0.327. The van der Waals surface area contributed by atoms with Gasteiger partial charge < -0.3 is 29.9 Å². The van der Waals surface area contributed by atoms with Gasteiger partial charge in [-0.05, 0) is 65.6 Å². The second-order valence-electron chi connectivity index (χ2n) is 12.1. The average Bonchev–Trinajstić information content (AvgIpc) is 3.37. The van der Waals surface area contributed by atoms with E-state index in [2.05, 4.69) is 22.3 Å². The van der Waals surface area contributed by atoms with Crippen LogP contribution in [0.2, 0.25) is 0 Å². The van der Waals surface area contributed by atoms with Gasteiger partial charge in [-0.3, -0.25) is 4.90 Å². The molecule has 3 aromatic carbocycles. The number of β-amino-alcohol motifs (C(OH)–C–C–N with tert-alkyl or cyclic N) is 1. The maximum absolute atomic E-state index is 12.8. The number of ether oxygens (including phenoxy) is 2. The van der Waals surface area contributed by atoms with E-state index in [0.29, 0.717) is 25.2 Å². The number of carbonyl (C=O) groups is 2. The highest BCUT2D eigenvalue weighted by molar-refractivity contribution is 5.81. The van der Waals surface area contributed by atoms with Gasteiger partial charge >= 0.3 is 12.1 Å². The molecule has 6 rings (SSSR count). The van der Waals surface area contributed by atoms with E-state index in [1.165, 1.54) is 0 Å². The van der Waals surface area contributed by atoms with Crippen molar-refractivity contribution in [3.8, 4) is 11.1 Å². The molecule has 3 aliphatic rings. The van der Waals surface area contributed by atoms with Crippen LogP contribution in [0.3, 0.4) is 0 Å². The average molecular weight is 600 g/mol. The zero-order valence-electron chi connectivity index (χ0n) is 25.1. The maximum Gasteiger partial charge on any atom is 0.407 e. The third-order valence-electron chi connectivity index (χ3n) is 9.52. The standard InChI is InChI=1S/C35H41N3O6/c1-43-26-16-14-24(15-17-26)37-18-19-38(33(39)21-37)25-12-10-23(11-13-25)20-32(34(40)41)36-35(42)44-22-31-29-8-4-2-6-27(29)28-7-3-5-9-30(28)31/h2-13,24,26,31-33,39H,14-22H2,1H3,(H,36,42)(H,40,41)/t24?,26?,32-,33?/m0/s1. The Kier molecular flexibility index (Phi) is 9.16. The number of methoxy groups -OCH3 is 1. The summed E-state index contributed by atoms with van der Waals surface area (Å²) in [6.45, 7) is 2.30. The summed E-state index contributed by atoms with van der Waals surface area (Å²) in [6, 6.07) is 23.0. The van der Waals surface area contributed by atoms with Gasteiger partial charge in [0.2, 0.25) is 0 Å². The van der Waals surface area contributed by atoms with Gasteiger partial charge in [-0.15, -0.1) is 0 Å². The first-order chi connectivity index (χ1) is 21.4. The van der Waals surface area contributed by atoms with Gasteiger partial charge in [-0.2, -0.15) is 0 Å². The molecule has 9 heteroatoms. The number of aliphatic carboxylic acids is 1. The molecule has 1 aliphatic heterocycles. The van der Waals surface area contributed by atoms with Crippen LogP contribution in [0.25, 0.3) is 11.1 Å². The van der Waals surface area contributed by atoms with Crippen molar-refractivity contribution < 1.29 is 29.3 Å². The summed E-state index contributed by atoms with van der Waals surface area (Å²) in [5.74, 6) is -1.24. The van der Waals surface area contributed by atoms with E-state index in [9.17, 15) is 19.8 Å². The Morgan fingerprint density at radius 1 is 0.909 bits per heavy atom. The van der Waals surface area contributed by atoms with Crippen LogP contribution in [0.1, 0.15) is 48.3 Å². The molecule has 0 aromatic heterocycles. The molecule has 1 heterocycles. The molecule has 44 heavy (non-hydrogen) atoms. The summed E-state index contributed by atoms with van der Waals surface area (Å²) in [7, 11) is 1.78. The van der Waals surface area contributed by atoms with Crippen LogP contribution in [0.4, 0.5) is 10.5 Å². The molecule has 3 N–H and O–H groups in total. The minimum Gasteiger partial charge on any atom is -0.480 e. The molecule has 9 nitrogen and oxygen atoms in total. The van der Waals surface area contributed by atoms with Crippen LogP contribution in [0.5, 0.6) is 0 Å². The first kappa shape index (κ1) is 30.1. The van der Waals surface area contributed by atoms with E-state index >= 15 is 0 Å². The minimum absolute atomic E-state index is 0.105. The molecular formula is C35H41N3O6. The second-order valence-corrected chi connectivity index (χ2v) is 12.1. The molecule has 1 saturated carbocycles. The highest BCUT2D eigenvalue weighted by Gasteiger charge is 2.33. The number of nitrogens with zero attached hydrogens (tertiary/aromatic N) is 2. The van der Waals surface area contributed by atoms with E-state index in [1.807, 2.05) is 65.6 Å². The van der Waals surface area contributed by atoms with Gasteiger partial charge in [0.25, 0.3) is 0 Å². The Morgan fingerprint density at radius 3 is 2.14 bits per heavy atom. The summed E-state index contributed by atoms with van der Waals surface area (Å²) < 4.78 is 11.1. The van der Waals surface area contributed by atoms with Gasteiger partial charge in [0, 0.05) is 50.8 Å². The number of hydrogen-bond acceptors (Lipinski definition) is 7. The number of anilines is 1. The molecular weight excluding hydrogens is 558 g/mol. The van der Waals surface area contributed by atoms with Crippen molar-refractivity contribution in [1.29, 1.82) is 0 Å². The molecule has 1 unspecified atom stereocenters. The number of amides is 1. The summed E-state index contributed by atoms with van der Waals surface area (Å²) >= 11 is 0. The normalized spacial score (nSPS) is 22.6. The number of rotatable bonds is 9. The van der Waals surface area contributed by atoms with Crippen molar-refractivity contribution in [3.63, 3.8) is 0 Å². The van der Waals surface area contributed by atoms with Crippen molar-refractivity contribution in [2.75, 3.05) is 38.3 Å². The third kappa shape index (κ3) is 6.45. The minimum atomic E-state index is -1.14. The van der Waals surface area contributed by atoms with Crippen molar-refractivity contribution in [2.24, 2.45) is 0 Å². The van der Waals surface area contributed by atoms with Gasteiger partial charge in [0.1, 0.15) is 18.9 Å². The Hall–Kier alpha value is -3.92. The monoisotopic (exact) mass is 599 g/mol. The molecule has 232 valence electrons. The fourth-order valence-electron chi connectivity index (χ4n) is 7.11. The number of carboxylic acid groups (broad SMARTS) is 1. The summed E-state index contributed by atoms with van der Waals surface area (Å²) in [6.07, 6.45) is 3.40. The van der Waals surface area contributed by atoms with Gasteiger partial charge in [0.05, 0.1) is 6.10 Å². The van der Waals surface area contributed by atoms with E-state index in [4.69, 9.17) is 9.47 Å². The number of piperazine rings is 1. The predicted molar refractivity (Wildman–Crippen MR) is 168 cm³/mol. The lowest BCUT2D eigenvalue weighted by atomic mass is 9.91. The summed E-state index contributed by atoms with van der Waals surface area (Å²) in [4.78, 5) is 29.2. The molecule has 0 bridgehead atoms. The predicted octanol–water partition coefficient (Wildman–Crippen LogP) is 4.62. The lowest BCUT2D eigenvalue weighted by Crippen LogP contribution is -2.56. The largest absolute Gasteiger partial charge is 0.480 e. The van der Waals surface area contributed by atoms with E-state index in [1.54, 1.807) is 7.11 Å². The Bertz CT molecular complexity index is 1410. The zero-order valence-corrected chi connectivity index (χ0v) is 25.1. The molecule has 0 spiro atoms. The fourth-order valence-corrected chi connectivity index (χ4v) is 7.11. The lowest BCUT2D eigenvalue weighted by molar-refractivity contribution is -0.139. The number of nitrogens with one attached hydrogen (secondary N) is 1. The lowest BCUT2D eigenvalue weighted by Gasteiger charge is -2.45. The number of aliphatic hydroxyl groups is 1. The highest BCUT2D eigenvalue weighted by atomic mass is 16.5. The van der Waals surface area contributed by atoms with Crippen LogP contribution in [-0.4, -0.2) is 84.9 Å². The SMILES string of the molecule is COC1CCC(N2CCN(c3ccc(C[C@H](NC(=O)OCC4c5ccccc5-c5ccccc54)C(=O)O)cc3)C(O)C2)CC1. The van der Waals surface area contributed by atoms with Crippen LogP contribution in [0.15, 0.2) is 72.8 Å². The second kappa shape index (κ2) is 13.4. The fraction of sp³-hybridized carbons (Fsp3) is 0.429. The van der Waals surface area contributed by atoms with Gasteiger partial charge in [-0.1, -0.05) is 60.7 Å². The van der Waals surface area contributed by atoms with Crippen molar-refractivity contribution in [1.82, 2.24) is 10.2 Å². The molecule has 3 aromatic rings. The van der Waals surface area contributed by atoms with Crippen LogP contribution >= 0.6 is 0 Å². The Balaban J connectivity index is 1.02. The maximum atomic E-state index is 12.8. The number of benzene rings is 3. The molecule has 1 saturated heterocycles. The number of fused-ring (bicyclic) bond motifs is 3. The van der Waals surface area contributed by atoms with Gasteiger partial charge in [-0.25, -0.2) is 9.59 Å². The number of alkyl carbamates (subject to hydrolysis) is 1. The van der Waals surface area contributed by atoms with E-state index in [-0.39, 0.29) is 18.9 Å². The highest BCUT2D eigenvalue weighted by Crippen LogP contribution is 2.44. The topological polar surface area (TPSA) is 112 Å². The first-order valence-electron chi connectivity index (χ1n) is 15.6. The first-order valence-corrected chi connectivity index (χ1v) is 15.6. The third-order valence-corrected chi connectivity index (χ3v) is 9.52. The van der Waals surface area contributed by atoms with Crippen molar-refractivity contribution >= 4 is 17.7 Å². The van der Waals surface area contributed by atoms with Crippen molar-refractivity contribution in [3.05, 3.63) is 89.5 Å². The number of carboxylic acids is 1. The molecule has 1 amide bonds. The van der Waals surface area contributed by atoms with E-state index in [0.717, 1.165) is 65.7 Å². The Morgan fingerprint density at radius 2 is 1.55 bits per heavy atom. The smallest absolute Gasteiger partial charge is 0.407 e. The number of aliphatic hydroxyl groups excluding tert-OH is 1. The van der Waals surface area contributed by atoms with Crippen LogP contribution in [0, 0.1) is 0 Å². The summed E-state index contributed by atoms with van der Waals surface area (Å²) in [5, 5.41) is 23.4.